The molecule has 0 saturated carbocycles. The molecule has 0 heterocycles. The molecule has 0 saturated heterocycles. The van der Waals surface area contributed by atoms with Gasteiger partial charge in [-0.3, -0.25) is 0 Å². The van der Waals surface area contributed by atoms with Crippen LogP contribution >= 0.6 is 0 Å². The van der Waals surface area contributed by atoms with Gasteiger partial charge in [0.05, 0.1) is 0 Å². The molecule has 0 spiro atoms. The summed E-state index contributed by atoms with van der Waals surface area (Å²) in [6, 6.07) is 0.537. The molecule has 2 nitrogen and oxygen atoms in total. The molecule has 0 aliphatic heterocycles. The summed E-state index contributed by atoms with van der Waals surface area (Å²) in [6.07, 6.45) is 1.17. The number of nitrogens with one attached hydrogen (secondary N) is 1. The summed E-state index contributed by atoms with van der Waals surface area (Å²) in [5, 5.41) is 0. The predicted molar refractivity (Wildman–Crippen MR) is 62.7 cm³/mol. The first-order chi connectivity index (χ1) is 6.51. The molecule has 1 atom stereocenters. The number of hydrogen-bond acceptors (Lipinski definition) is 1. The fourth-order valence-corrected chi connectivity index (χ4v) is 16.7. The number of nitrogens with zero attached hydrogens (tertiary/aromatic N) is 1. The third-order valence-corrected chi connectivity index (χ3v) is 27.7. The maximum absolute atomic E-state index is 5.23. The van der Waals surface area contributed by atoms with Gasteiger partial charge in [-0.05, 0) is 0 Å². The van der Waals surface area contributed by atoms with E-state index in [4.69, 9.17) is 3.34 Å². The van der Waals surface area contributed by atoms with Crippen molar-refractivity contribution in [1.29, 1.82) is 0 Å². The van der Waals surface area contributed by atoms with E-state index in [-0.39, 0.29) is 0 Å². The van der Waals surface area contributed by atoms with Crippen molar-refractivity contribution in [3.63, 3.8) is 0 Å². The maximum atomic E-state index is 5.23. The van der Waals surface area contributed by atoms with Crippen LogP contribution in [0.15, 0.2) is 3.34 Å². The zero-order chi connectivity index (χ0) is 11.3. The Morgan fingerprint density at radius 3 is 1.71 bits per heavy atom. The topological polar surface area (TPSA) is 24.4 Å². The summed E-state index contributed by atoms with van der Waals surface area (Å²) in [5.74, 6) is 0. The SMILES string of the molecule is CCC(C)[N]=[Ta]([CH2]C)([CH2]C)([CH2]C)[NH]C. The van der Waals surface area contributed by atoms with E-state index in [0.717, 1.165) is 0 Å². The van der Waals surface area contributed by atoms with Gasteiger partial charge >= 0.3 is 91.0 Å². The van der Waals surface area contributed by atoms with Crippen molar-refractivity contribution in [3.05, 3.63) is 0 Å². The van der Waals surface area contributed by atoms with E-state index < -0.39 is 15.9 Å². The van der Waals surface area contributed by atoms with E-state index in [1.165, 1.54) is 20.3 Å². The van der Waals surface area contributed by atoms with Crippen LogP contribution in [0.25, 0.3) is 0 Å². The Bertz CT molecular complexity index is 196. The van der Waals surface area contributed by atoms with Gasteiger partial charge in [-0.2, -0.15) is 0 Å². The molecule has 0 aliphatic rings. The van der Waals surface area contributed by atoms with Crippen LogP contribution in [0.4, 0.5) is 0 Å². The van der Waals surface area contributed by atoms with E-state index in [1.54, 1.807) is 0 Å². The van der Waals surface area contributed by atoms with Gasteiger partial charge in [0.15, 0.2) is 0 Å². The van der Waals surface area contributed by atoms with Crippen LogP contribution in [0.1, 0.15) is 41.0 Å². The zero-order valence-electron chi connectivity index (χ0n) is 10.8. The quantitative estimate of drug-likeness (QED) is 0.749. The monoisotopic (exact) mass is 369 g/mol. The summed E-state index contributed by atoms with van der Waals surface area (Å²) in [5.41, 5.74) is 0. The second-order valence-corrected chi connectivity index (χ2v) is 25.5. The van der Waals surface area contributed by atoms with Crippen LogP contribution in [0.3, 0.4) is 0 Å². The second-order valence-electron chi connectivity index (χ2n) is 4.21. The van der Waals surface area contributed by atoms with Crippen LogP contribution in [0.5, 0.6) is 0 Å². The van der Waals surface area contributed by atoms with Gasteiger partial charge in [0, 0.05) is 0 Å². The van der Waals surface area contributed by atoms with Crippen LogP contribution in [0.2, 0.25) is 13.9 Å². The van der Waals surface area contributed by atoms with E-state index in [1.807, 2.05) is 0 Å². The molecular formula is C11H28N2Ta. The molecule has 87 valence electrons. The minimum absolute atomic E-state index is 0.537. The van der Waals surface area contributed by atoms with Gasteiger partial charge in [-0.25, -0.2) is 0 Å². The Morgan fingerprint density at radius 1 is 1.07 bits per heavy atom. The summed E-state index contributed by atoms with van der Waals surface area (Å²) < 4.78 is 12.8. The normalized spacial score (nSPS) is 17.1. The van der Waals surface area contributed by atoms with Crippen molar-refractivity contribution < 1.29 is 15.9 Å². The van der Waals surface area contributed by atoms with Crippen molar-refractivity contribution >= 4 is 0 Å². The van der Waals surface area contributed by atoms with Crippen LogP contribution in [0, 0.1) is 0 Å². The Morgan fingerprint density at radius 2 is 1.50 bits per heavy atom. The number of rotatable bonds is 6. The molecule has 0 amide bonds. The Hall–Kier alpha value is 0.500. The molecule has 0 bridgehead atoms. The van der Waals surface area contributed by atoms with Gasteiger partial charge < -0.3 is 0 Å². The summed E-state index contributed by atoms with van der Waals surface area (Å²) in [6.45, 7) is 11.5. The molecule has 0 fully saturated rings. The molecule has 1 unspecified atom stereocenters. The predicted octanol–water partition coefficient (Wildman–Crippen LogP) is 4.11. The Balaban J connectivity index is 5.33. The Labute approximate surface area is 91.0 Å². The first-order valence-corrected chi connectivity index (χ1v) is 15.8. The summed E-state index contributed by atoms with van der Waals surface area (Å²) in [7, 11) is 2.13. The van der Waals surface area contributed by atoms with Crippen LogP contribution in [-0.4, -0.2) is 13.1 Å². The van der Waals surface area contributed by atoms with Gasteiger partial charge in [0.2, 0.25) is 0 Å². The number of hydrogen-bond donors (Lipinski definition) is 1. The van der Waals surface area contributed by atoms with Crippen molar-refractivity contribution in [3.8, 4) is 0 Å². The molecule has 0 aromatic heterocycles. The van der Waals surface area contributed by atoms with E-state index in [0.29, 0.717) is 6.04 Å². The third kappa shape index (κ3) is 2.75. The molecular weight excluding hydrogens is 341 g/mol. The van der Waals surface area contributed by atoms with Gasteiger partial charge in [-0.1, -0.05) is 0 Å². The first-order valence-electron chi connectivity index (χ1n) is 5.94. The van der Waals surface area contributed by atoms with Gasteiger partial charge in [0.1, 0.15) is 0 Å². The van der Waals surface area contributed by atoms with E-state index >= 15 is 0 Å². The molecule has 3 heteroatoms. The van der Waals surface area contributed by atoms with Crippen molar-refractivity contribution in [1.82, 2.24) is 3.72 Å². The summed E-state index contributed by atoms with van der Waals surface area (Å²) in [4.78, 5) is 0. The average molecular weight is 369 g/mol. The molecule has 0 rings (SSSR count). The van der Waals surface area contributed by atoms with E-state index in [2.05, 4.69) is 45.4 Å². The van der Waals surface area contributed by atoms with Crippen molar-refractivity contribution in [2.45, 2.75) is 61.0 Å². The molecule has 1 N–H and O–H groups in total. The average Bonchev–Trinajstić information content (AvgIpc) is 2.27. The standard InChI is InChI=1S/C4H9N.3C2H5.CH4N.Ta/c1-3-4(2)5;4*1-2;/h4H,3H2,1-2H3;3*1H2,2H3;2H,1H3;/q;;;;-1;+1. The molecule has 0 aliphatic carbocycles. The zero-order valence-corrected chi connectivity index (χ0v) is 14.0. The van der Waals surface area contributed by atoms with Crippen molar-refractivity contribution in [2.24, 2.45) is 3.34 Å². The van der Waals surface area contributed by atoms with Crippen molar-refractivity contribution in [2.75, 3.05) is 7.05 Å². The second kappa shape index (κ2) is 5.55. The van der Waals surface area contributed by atoms with Crippen LogP contribution < -0.4 is 3.72 Å². The van der Waals surface area contributed by atoms with Gasteiger partial charge in [-0.15, -0.1) is 0 Å². The molecule has 0 aromatic rings. The summed E-state index contributed by atoms with van der Waals surface area (Å²) >= 11 is -2.91. The van der Waals surface area contributed by atoms with Gasteiger partial charge in [0.25, 0.3) is 0 Å². The third-order valence-electron chi connectivity index (χ3n) is 3.91. The molecule has 0 aromatic carbocycles. The molecule has 0 radical (unpaired) electrons. The fourth-order valence-electron chi connectivity index (χ4n) is 2.05. The fraction of sp³-hybridized carbons (Fsp3) is 1.00. The first kappa shape index (κ1) is 14.5. The minimum atomic E-state index is -2.91. The molecule has 14 heavy (non-hydrogen) atoms. The van der Waals surface area contributed by atoms with E-state index in [9.17, 15) is 0 Å². The van der Waals surface area contributed by atoms with Crippen LogP contribution in [-0.2, 0) is 15.9 Å². The Kier molecular flexibility index (Phi) is 5.75.